The summed E-state index contributed by atoms with van der Waals surface area (Å²) in [5, 5.41) is 31.3. The molecule has 0 fully saturated rings. The number of phenolic OH excluding ortho intramolecular Hbond substituents is 1. The number of rotatable bonds is 4. The Hall–Kier alpha value is -3.09. The number of aromatic carboxylic acids is 2. The number of hydrogen-bond acceptors (Lipinski definition) is 4. The third kappa shape index (κ3) is 2.69. The molecule has 7 heteroatoms. The van der Waals surface area contributed by atoms with Gasteiger partial charge < -0.3 is 20.6 Å². The number of carbonyl (C=O) groups is 3. The standard InChI is InChI=1S/C15H13NO6/c1-7(17)16-6-11-8-3-2-4-9(14(19)20)13(8)10(15(21)22)5-12(11)18/h2-5,18H,6H2,1H3,(H,16,17)(H,19,20)(H,21,22). The molecule has 2 rings (SSSR count). The first-order valence-corrected chi connectivity index (χ1v) is 6.31. The van der Waals surface area contributed by atoms with Crippen molar-refractivity contribution in [3.05, 3.63) is 41.0 Å². The fourth-order valence-corrected chi connectivity index (χ4v) is 2.27. The lowest BCUT2D eigenvalue weighted by atomic mass is 9.94. The Morgan fingerprint density at radius 2 is 1.73 bits per heavy atom. The minimum absolute atomic E-state index is 0.0145. The number of phenols is 1. The van der Waals surface area contributed by atoms with Crippen molar-refractivity contribution in [2.45, 2.75) is 13.5 Å². The summed E-state index contributed by atoms with van der Waals surface area (Å²) >= 11 is 0. The molecule has 0 aliphatic rings. The Labute approximate surface area is 124 Å². The Morgan fingerprint density at radius 1 is 1.09 bits per heavy atom. The van der Waals surface area contributed by atoms with Gasteiger partial charge in [0.05, 0.1) is 11.1 Å². The maximum atomic E-state index is 11.3. The minimum Gasteiger partial charge on any atom is -0.508 e. The maximum absolute atomic E-state index is 11.3. The molecule has 2 aromatic carbocycles. The molecule has 4 N–H and O–H groups in total. The first kappa shape index (κ1) is 15.3. The molecule has 0 aromatic heterocycles. The summed E-state index contributed by atoms with van der Waals surface area (Å²) in [7, 11) is 0. The van der Waals surface area contributed by atoms with Gasteiger partial charge >= 0.3 is 11.9 Å². The van der Waals surface area contributed by atoms with Crippen molar-refractivity contribution in [2.24, 2.45) is 0 Å². The van der Waals surface area contributed by atoms with Gasteiger partial charge in [-0.15, -0.1) is 0 Å². The van der Waals surface area contributed by atoms with Crippen molar-refractivity contribution in [1.82, 2.24) is 5.32 Å². The van der Waals surface area contributed by atoms with Crippen LogP contribution in [0.15, 0.2) is 24.3 Å². The van der Waals surface area contributed by atoms with E-state index in [0.29, 0.717) is 0 Å². The molecule has 0 aliphatic carbocycles. The molecule has 1 amide bonds. The average molecular weight is 303 g/mol. The second-order valence-corrected chi connectivity index (χ2v) is 4.67. The maximum Gasteiger partial charge on any atom is 0.336 e. The normalized spacial score (nSPS) is 10.4. The molecule has 0 saturated carbocycles. The van der Waals surface area contributed by atoms with Crippen molar-refractivity contribution in [3.8, 4) is 5.75 Å². The SMILES string of the molecule is CC(=O)NCc1c(O)cc(C(=O)O)c2c(C(=O)O)cccc12. The number of nitrogens with one attached hydrogen (secondary N) is 1. The first-order chi connectivity index (χ1) is 10.3. The van der Waals surface area contributed by atoms with Gasteiger partial charge in [0.15, 0.2) is 0 Å². The number of amides is 1. The van der Waals surface area contributed by atoms with Crippen LogP contribution in [0.4, 0.5) is 0 Å². The number of carboxylic acid groups (broad SMARTS) is 2. The number of carbonyl (C=O) groups excluding carboxylic acids is 1. The average Bonchev–Trinajstić information content (AvgIpc) is 2.44. The Balaban J connectivity index is 2.83. The largest absolute Gasteiger partial charge is 0.508 e. The van der Waals surface area contributed by atoms with Gasteiger partial charge in [0.1, 0.15) is 5.75 Å². The van der Waals surface area contributed by atoms with Crippen LogP contribution in [0.2, 0.25) is 0 Å². The van der Waals surface area contributed by atoms with Crippen LogP contribution in [0, 0.1) is 0 Å². The van der Waals surface area contributed by atoms with E-state index in [2.05, 4.69) is 5.32 Å². The van der Waals surface area contributed by atoms with Crippen LogP contribution in [0.3, 0.4) is 0 Å². The molecule has 0 unspecified atom stereocenters. The van der Waals surface area contributed by atoms with Crippen LogP contribution in [0.1, 0.15) is 33.2 Å². The second-order valence-electron chi connectivity index (χ2n) is 4.67. The molecule has 2 aromatic rings. The van der Waals surface area contributed by atoms with Gasteiger partial charge in [-0.05, 0) is 17.5 Å². The number of benzene rings is 2. The van der Waals surface area contributed by atoms with Gasteiger partial charge in [-0.2, -0.15) is 0 Å². The smallest absolute Gasteiger partial charge is 0.336 e. The van der Waals surface area contributed by atoms with Crippen molar-refractivity contribution in [2.75, 3.05) is 0 Å². The highest BCUT2D eigenvalue weighted by atomic mass is 16.4. The predicted octanol–water partition coefficient (Wildman–Crippen LogP) is 1.58. The van der Waals surface area contributed by atoms with Gasteiger partial charge in [0.2, 0.25) is 5.91 Å². The molecule has 22 heavy (non-hydrogen) atoms. The monoisotopic (exact) mass is 303 g/mol. The number of hydrogen-bond donors (Lipinski definition) is 4. The molecule has 114 valence electrons. The van der Waals surface area contributed by atoms with Crippen molar-refractivity contribution in [1.29, 1.82) is 0 Å². The fourth-order valence-electron chi connectivity index (χ4n) is 2.27. The van der Waals surface area contributed by atoms with Crippen molar-refractivity contribution >= 4 is 28.6 Å². The van der Waals surface area contributed by atoms with E-state index in [4.69, 9.17) is 0 Å². The summed E-state index contributed by atoms with van der Waals surface area (Å²) in [6.07, 6.45) is 0. The van der Waals surface area contributed by atoms with Gasteiger partial charge in [-0.1, -0.05) is 12.1 Å². The van der Waals surface area contributed by atoms with Gasteiger partial charge in [0.25, 0.3) is 0 Å². The molecule has 0 spiro atoms. The van der Waals surface area contributed by atoms with Crippen LogP contribution < -0.4 is 5.32 Å². The fraction of sp³-hybridized carbons (Fsp3) is 0.133. The van der Waals surface area contributed by atoms with Crippen LogP contribution in [0.5, 0.6) is 5.75 Å². The van der Waals surface area contributed by atoms with E-state index in [1.54, 1.807) is 0 Å². The van der Waals surface area contributed by atoms with Crippen molar-refractivity contribution < 1.29 is 29.7 Å². The van der Waals surface area contributed by atoms with E-state index in [1.165, 1.54) is 25.1 Å². The third-order valence-corrected chi connectivity index (χ3v) is 3.22. The van der Waals surface area contributed by atoms with Gasteiger partial charge in [-0.3, -0.25) is 4.79 Å². The van der Waals surface area contributed by atoms with Gasteiger partial charge in [0, 0.05) is 24.4 Å². The third-order valence-electron chi connectivity index (χ3n) is 3.22. The highest BCUT2D eigenvalue weighted by molar-refractivity contribution is 6.14. The van der Waals surface area contributed by atoms with Gasteiger partial charge in [-0.25, -0.2) is 9.59 Å². The summed E-state index contributed by atoms with van der Waals surface area (Å²) < 4.78 is 0. The molecule has 0 radical (unpaired) electrons. The molecule has 0 atom stereocenters. The van der Waals surface area contributed by atoms with E-state index < -0.39 is 11.9 Å². The predicted molar refractivity (Wildman–Crippen MR) is 77.1 cm³/mol. The van der Waals surface area contributed by atoms with E-state index in [9.17, 15) is 29.7 Å². The molecule has 0 aliphatic heterocycles. The van der Waals surface area contributed by atoms with E-state index in [1.807, 2.05) is 0 Å². The summed E-state index contributed by atoms with van der Waals surface area (Å²) in [4.78, 5) is 33.7. The topological polar surface area (TPSA) is 124 Å². The molecular weight excluding hydrogens is 290 g/mol. The molecule has 0 bridgehead atoms. The molecule has 7 nitrogen and oxygen atoms in total. The second kappa shape index (κ2) is 5.72. The van der Waals surface area contributed by atoms with Crippen molar-refractivity contribution in [3.63, 3.8) is 0 Å². The van der Waals surface area contributed by atoms with E-state index in [0.717, 1.165) is 6.07 Å². The van der Waals surface area contributed by atoms with Crippen LogP contribution in [-0.4, -0.2) is 33.2 Å². The summed E-state index contributed by atoms with van der Waals surface area (Å²) in [6, 6.07) is 5.24. The zero-order valence-electron chi connectivity index (χ0n) is 11.6. The minimum atomic E-state index is -1.35. The Kier molecular flexibility index (Phi) is 3.98. The number of carboxylic acids is 2. The van der Waals surface area contributed by atoms with Crippen LogP contribution in [-0.2, 0) is 11.3 Å². The Morgan fingerprint density at radius 3 is 2.27 bits per heavy atom. The number of fused-ring (bicyclic) bond motifs is 1. The van der Waals surface area contributed by atoms with Crippen LogP contribution >= 0.6 is 0 Å². The highest BCUT2D eigenvalue weighted by Crippen LogP contribution is 2.33. The zero-order valence-corrected chi connectivity index (χ0v) is 11.6. The summed E-state index contributed by atoms with van der Waals surface area (Å²) in [5.41, 5.74) is -0.227. The quantitative estimate of drug-likeness (QED) is 0.679. The summed E-state index contributed by atoms with van der Waals surface area (Å²) in [5.74, 6) is -3.27. The lowest BCUT2D eigenvalue weighted by Crippen LogP contribution is -2.19. The lowest BCUT2D eigenvalue weighted by Gasteiger charge is -2.13. The molecule has 0 saturated heterocycles. The molecular formula is C15H13NO6. The Bertz CT molecular complexity index is 796. The van der Waals surface area contributed by atoms with E-state index >= 15 is 0 Å². The summed E-state index contributed by atoms with van der Waals surface area (Å²) in [6.45, 7) is 1.26. The zero-order chi connectivity index (χ0) is 16.4. The van der Waals surface area contributed by atoms with Crippen LogP contribution in [0.25, 0.3) is 10.8 Å². The number of aromatic hydroxyl groups is 1. The lowest BCUT2D eigenvalue weighted by molar-refractivity contribution is -0.119. The van der Waals surface area contributed by atoms with E-state index in [-0.39, 0.29) is 45.7 Å². The highest BCUT2D eigenvalue weighted by Gasteiger charge is 2.21. The first-order valence-electron chi connectivity index (χ1n) is 6.31. The molecule has 0 heterocycles.